The lowest BCUT2D eigenvalue weighted by molar-refractivity contribution is -0.131. The lowest BCUT2D eigenvalue weighted by Gasteiger charge is -2.11. The number of rotatable bonds is 8. The van der Waals surface area contributed by atoms with Gasteiger partial charge in [0.15, 0.2) is 18.1 Å². The van der Waals surface area contributed by atoms with E-state index in [1.807, 2.05) is 0 Å². The Labute approximate surface area is 154 Å². The molecule has 0 heterocycles. The number of methoxy groups -OCH3 is 1. The number of nitrogens with one attached hydrogen (secondary N) is 1. The molecule has 0 atom stereocenters. The summed E-state index contributed by atoms with van der Waals surface area (Å²) in [5.74, 6) is -1.88. The zero-order valence-electron chi connectivity index (χ0n) is 14.3. The molecule has 0 saturated carbocycles. The topological polar surface area (TPSA) is 122 Å². The molecular weight excluding hydrogens is 354 g/mol. The minimum Gasteiger partial charge on any atom is -0.493 e. The van der Waals surface area contributed by atoms with Gasteiger partial charge in [-0.3, -0.25) is 4.79 Å². The van der Waals surface area contributed by atoms with Crippen LogP contribution >= 0.6 is 0 Å². The Hall–Kier alpha value is -3.81. The molecule has 0 bridgehead atoms. The number of carbonyl (C=O) groups excluding carboxylic acids is 1. The van der Waals surface area contributed by atoms with Crippen molar-refractivity contribution in [2.75, 3.05) is 19.0 Å². The van der Waals surface area contributed by atoms with Crippen molar-refractivity contribution in [1.29, 1.82) is 0 Å². The van der Waals surface area contributed by atoms with Crippen molar-refractivity contribution in [3.8, 4) is 11.5 Å². The highest BCUT2D eigenvalue weighted by Crippen LogP contribution is 2.28. The van der Waals surface area contributed by atoms with Crippen LogP contribution in [0.4, 0.5) is 5.69 Å². The number of anilines is 1. The fourth-order valence-corrected chi connectivity index (χ4v) is 2.11. The number of benzene rings is 2. The molecule has 0 aliphatic heterocycles. The van der Waals surface area contributed by atoms with Crippen LogP contribution in [0.5, 0.6) is 11.5 Å². The van der Waals surface area contributed by atoms with Gasteiger partial charge in [-0.2, -0.15) is 0 Å². The molecule has 0 fully saturated rings. The first-order chi connectivity index (χ1) is 12.9. The average molecular weight is 371 g/mol. The van der Waals surface area contributed by atoms with Gasteiger partial charge in [0.25, 0.3) is 5.91 Å². The van der Waals surface area contributed by atoms with Gasteiger partial charge in [-0.15, -0.1) is 0 Å². The van der Waals surface area contributed by atoms with Crippen LogP contribution in [0.3, 0.4) is 0 Å². The molecule has 0 unspecified atom stereocenters. The van der Waals surface area contributed by atoms with E-state index in [0.29, 0.717) is 22.7 Å². The summed E-state index contributed by atoms with van der Waals surface area (Å²) < 4.78 is 10.6. The molecule has 8 nitrogen and oxygen atoms in total. The van der Waals surface area contributed by atoms with E-state index in [-0.39, 0.29) is 12.2 Å². The zero-order valence-corrected chi connectivity index (χ0v) is 14.3. The molecule has 8 heteroatoms. The number of carboxylic acids is 2. The van der Waals surface area contributed by atoms with Crippen molar-refractivity contribution in [3.63, 3.8) is 0 Å². The number of hydrogen-bond donors (Lipinski definition) is 3. The third kappa shape index (κ3) is 5.89. The first kappa shape index (κ1) is 19.5. The van der Waals surface area contributed by atoms with Crippen LogP contribution < -0.4 is 14.8 Å². The van der Waals surface area contributed by atoms with Crippen LogP contribution in [0.25, 0.3) is 6.08 Å². The average Bonchev–Trinajstić information content (AvgIpc) is 2.65. The van der Waals surface area contributed by atoms with E-state index in [9.17, 15) is 14.4 Å². The summed E-state index contributed by atoms with van der Waals surface area (Å²) in [4.78, 5) is 33.3. The number of aromatic carboxylic acids is 1. The fraction of sp³-hybridized carbons (Fsp3) is 0.105. The van der Waals surface area contributed by atoms with E-state index >= 15 is 0 Å². The fourth-order valence-electron chi connectivity index (χ4n) is 2.11. The molecule has 3 N–H and O–H groups in total. The van der Waals surface area contributed by atoms with Crippen molar-refractivity contribution in [2.45, 2.75) is 0 Å². The maximum absolute atomic E-state index is 12.0. The zero-order chi connectivity index (χ0) is 19.8. The molecule has 1 amide bonds. The first-order valence-electron chi connectivity index (χ1n) is 7.74. The number of amides is 1. The van der Waals surface area contributed by atoms with E-state index in [1.165, 1.54) is 37.5 Å². The molecule has 0 aliphatic carbocycles. The highest BCUT2D eigenvalue weighted by Gasteiger charge is 2.09. The van der Waals surface area contributed by atoms with E-state index in [2.05, 4.69) is 5.32 Å². The Morgan fingerprint density at radius 3 is 2.33 bits per heavy atom. The van der Waals surface area contributed by atoms with Crippen LogP contribution in [0.15, 0.2) is 48.5 Å². The quantitative estimate of drug-likeness (QED) is 0.609. The summed E-state index contributed by atoms with van der Waals surface area (Å²) >= 11 is 0. The van der Waals surface area contributed by atoms with Gasteiger partial charge >= 0.3 is 11.9 Å². The highest BCUT2D eigenvalue weighted by molar-refractivity contribution is 5.93. The minimum absolute atomic E-state index is 0.117. The smallest absolute Gasteiger partial charge is 0.335 e. The summed E-state index contributed by atoms with van der Waals surface area (Å²) in [5, 5.41) is 20.1. The van der Waals surface area contributed by atoms with Gasteiger partial charge in [0.2, 0.25) is 0 Å². The minimum atomic E-state index is -1.07. The summed E-state index contributed by atoms with van der Waals surface area (Å²) in [6.07, 6.45) is 2.40. The van der Waals surface area contributed by atoms with Crippen LogP contribution in [0, 0.1) is 0 Å². The van der Waals surface area contributed by atoms with E-state index in [4.69, 9.17) is 19.7 Å². The van der Waals surface area contributed by atoms with Crippen molar-refractivity contribution in [1.82, 2.24) is 0 Å². The van der Waals surface area contributed by atoms with Crippen LogP contribution in [-0.2, 0) is 9.59 Å². The summed E-state index contributed by atoms with van der Waals surface area (Å²) in [5.41, 5.74) is 1.16. The Kier molecular flexibility index (Phi) is 6.54. The van der Waals surface area contributed by atoms with E-state index < -0.39 is 17.8 Å². The van der Waals surface area contributed by atoms with Gasteiger partial charge in [0.05, 0.1) is 12.7 Å². The van der Waals surface area contributed by atoms with Gasteiger partial charge < -0.3 is 25.0 Å². The van der Waals surface area contributed by atoms with Gasteiger partial charge in [-0.05, 0) is 48.0 Å². The second-order valence-corrected chi connectivity index (χ2v) is 5.30. The number of carbonyl (C=O) groups is 3. The van der Waals surface area contributed by atoms with E-state index in [0.717, 1.165) is 6.08 Å². The number of carboxylic acid groups (broad SMARTS) is 2. The van der Waals surface area contributed by atoms with Crippen molar-refractivity contribution in [2.24, 2.45) is 0 Å². The van der Waals surface area contributed by atoms with Gasteiger partial charge in [-0.25, -0.2) is 9.59 Å². The second kappa shape index (κ2) is 9.04. The molecular formula is C19H17NO7. The summed E-state index contributed by atoms with van der Waals surface area (Å²) in [6, 6.07) is 10.5. The number of hydrogen-bond acceptors (Lipinski definition) is 5. The highest BCUT2D eigenvalue weighted by atomic mass is 16.5. The Bertz CT molecular complexity index is 872. The number of aliphatic carboxylic acids is 1. The predicted molar refractivity (Wildman–Crippen MR) is 97.2 cm³/mol. The molecule has 0 aliphatic rings. The van der Waals surface area contributed by atoms with Crippen LogP contribution in [0.1, 0.15) is 15.9 Å². The van der Waals surface area contributed by atoms with E-state index in [1.54, 1.807) is 18.2 Å². The SMILES string of the molecule is COc1cc(C=CC(=O)O)ccc1OCC(=O)Nc1ccc(C(=O)O)cc1. The third-order valence-corrected chi connectivity index (χ3v) is 3.38. The Morgan fingerprint density at radius 2 is 1.74 bits per heavy atom. The molecule has 0 spiro atoms. The largest absolute Gasteiger partial charge is 0.493 e. The molecule has 0 aromatic heterocycles. The van der Waals surface area contributed by atoms with Gasteiger partial charge in [0.1, 0.15) is 0 Å². The lowest BCUT2D eigenvalue weighted by atomic mass is 10.2. The molecule has 2 rings (SSSR count). The van der Waals surface area contributed by atoms with Crippen molar-refractivity contribution in [3.05, 3.63) is 59.7 Å². The molecule has 140 valence electrons. The maximum atomic E-state index is 12.0. The van der Waals surface area contributed by atoms with Crippen LogP contribution in [-0.4, -0.2) is 41.8 Å². The van der Waals surface area contributed by atoms with Gasteiger partial charge in [0, 0.05) is 11.8 Å². The number of ether oxygens (including phenoxy) is 2. The molecule has 2 aromatic rings. The second-order valence-electron chi connectivity index (χ2n) is 5.30. The summed E-state index contributed by atoms with van der Waals surface area (Å²) in [7, 11) is 1.43. The lowest BCUT2D eigenvalue weighted by Crippen LogP contribution is -2.20. The standard InChI is InChI=1S/C19H17NO7/c1-26-16-10-12(3-9-18(22)23)2-8-15(16)27-11-17(21)20-14-6-4-13(5-7-14)19(24)25/h2-10H,11H2,1H3,(H,20,21)(H,22,23)(H,24,25). The third-order valence-electron chi connectivity index (χ3n) is 3.38. The molecule has 2 aromatic carbocycles. The predicted octanol–water partition coefficient (Wildman–Crippen LogP) is 2.51. The molecule has 0 saturated heterocycles. The Morgan fingerprint density at radius 1 is 1.04 bits per heavy atom. The molecule has 0 radical (unpaired) electrons. The maximum Gasteiger partial charge on any atom is 0.335 e. The van der Waals surface area contributed by atoms with Crippen molar-refractivity contribution < 1.29 is 34.1 Å². The molecule has 27 heavy (non-hydrogen) atoms. The monoisotopic (exact) mass is 371 g/mol. The van der Waals surface area contributed by atoms with Crippen molar-refractivity contribution >= 4 is 29.6 Å². The summed E-state index contributed by atoms with van der Waals surface area (Å²) in [6.45, 7) is -0.290. The Balaban J connectivity index is 1.97. The first-order valence-corrected chi connectivity index (χ1v) is 7.74. The van der Waals surface area contributed by atoms with Gasteiger partial charge in [-0.1, -0.05) is 6.07 Å². The van der Waals surface area contributed by atoms with Crippen LogP contribution in [0.2, 0.25) is 0 Å². The normalized spacial score (nSPS) is 10.4.